The van der Waals surface area contributed by atoms with E-state index in [0.29, 0.717) is 18.4 Å². The summed E-state index contributed by atoms with van der Waals surface area (Å²) in [6, 6.07) is 13.6. The van der Waals surface area contributed by atoms with Crippen LogP contribution >= 0.6 is 23.1 Å². The minimum atomic E-state index is 0.0758. The van der Waals surface area contributed by atoms with Crippen LogP contribution in [0.2, 0.25) is 0 Å². The van der Waals surface area contributed by atoms with Crippen LogP contribution < -0.4 is 0 Å². The number of piperidine rings is 1. The third-order valence-electron chi connectivity index (χ3n) is 6.64. The number of thiazole rings is 1. The third kappa shape index (κ3) is 2.79. The minimum Gasteiger partial charge on any atom is -0.342 e. The Hall–Kier alpha value is -1.85. The Bertz CT molecular complexity index is 1090. The second kappa shape index (κ2) is 6.60. The van der Waals surface area contributed by atoms with Crippen molar-refractivity contribution in [1.82, 2.24) is 9.88 Å². The van der Waals surface area contributed by atoms with E-state index in [0.717, 1.165) is 29.1 Å². The number of hydrogen-bond acceptors (Lipinski definition) is 4. The Balaban J connectivity index is 1.46. The van der Waals surface area contributed by atoms with Gasteiger partial charge in [-0.2, -0.15) is 0 Å². The van der Waals surface area contributed by atoms with Gasteiger partial charge in [0.2, 0.25) is 5.91 Å². The van der Waals surface area contributed by atoms with Gasteiger partial charge in [0, 0.05) is 29.8 Å². The number of nitrogens with zero attached hydrogens (tertiary/aromatic N) is 2. The van der Waals surface area contributed by atoms with Gasteiger partial charge in [-0.3, -0.25) is 4.79 Å². The smallest absolute Gasteiger partial charge is 0.222 e. The normalized spacial score (nSPS) is 24.3. The molecule has 5 heteroatoms. The lowest BCUT2D eigenvalue weighted by molar-refractivity contribution is -0.138. The molecule has 1 fully saturated rings. The molecule has 0 spiro atoms. The number of hydrogen-bond donors (Lipinski definition) is 0. The number of likely N-dealkylation sites (N-methyl/N-ethyl adjacent to an activating group) is 1. The predicted molar refractivity (Wildman–Crippen MR) is 116 cm³/mol. The molecule has 2 aliphatic rings. The number of amides is 1. The van der Waals surface area contributed by atoms with Gasteiger partial charge in [0.25, 0.3) is 0 Å². The van der Waals surface area contributed by atoms with Crippen molar-refractivity contribution >= 4 is 39.2 Å². The van der Waals surface area contributed by atoms with Gasteiger partial charge in [-0.25, -0.2) is 4.98 Å². The minimum absolute atomic E-state index is 0.0758. The van der Waals surface area contributed by atoms with E-state index in [4.69, 9.17) is 4.98 Å². The van der Waals surface area contributed by atoms with Gasteiger partial charge in [-0.15, -0.1) is 11.3 Å². The van der Waals surface area contributed by atoms with E-state index in [9.17, 15) is 4.79 Å². The highest BCUT2D eigenvalue weighted by molar-refractivity contribution is 8.01. The third-order valence-corrected chi connectivity index (χ3v) is 8.71. The van der Waals surface area contributed by atoms with Crippen molar-refractivity contribution in [1.29, 1.82) is 0 Å². The summed E-state index contributed by atoms with van der Waals surface area (Å²) in [6.45, 7) is 4.47. The first-order chi connectivity index (χ1) is 13.5. The molecule has 2 heterocycles. The highest BCUT2D eigenvalue weighted by Crippen LogP contribution is 2.47. The van der Waals surface area contributed by atoms with Crippen molar-refractivity contribution in [3.05, 3.63) is 53.1 Å². The van der Waals surface area contributed by atoms with E-state index in [1.54, 1.807) is 23.1 Å². The molecule has 28 heavy (non-hydrogen) atoms. The Morgan fingerprint density at radius 3 is 2.93 bits per heavy atom. The maximum Gasteiger partial charge on any atom is 0.222 e. The number of rotatable bonds is 2. The lowest BCUT2D eigenvalue weighted by Gasteiger charge is -2.50. The van der Waals surface area contributed by atoms with Crippen LogP contribution in [-0.2, 0) is 16.6 Å². The molecule has 1 aliphatic carbocycles. The van der Waals surface area contributed by atoms with E-state index in [2.05, 4.69) is 50.2 Å². The van der Waals surface area contributed by atoms with Crippen molar-refractivity contribution in [3.8, 4) is 0 Å². The fourth-order valence-corrected chi connectivity index (χ4v) is 7.21. The average molecular weight is 409 g/mol. The van der Waals surface area contributed by atoms with Crippen molar-refractivity contribution < 1.29 is 4.79 Å². The second-order valence-electron chi connectivity index (χ2n) is 8.30. The Morgan fingerprint density at radius 2 is 2.11 bits per heavy atom. The summed E-state index contributed by atoms with van der Waals surface area (Å²) in [5.74, 6) is 0.296. The molecule has 1 aromatic heterocycles. The SMILES string of the molecule is Cc1cccc2sc(Sc3ccc4c(c3)CC[C@H]3N(C)C(=O)CC[C@]43C)nc12. The summed E-state index contributed by atoms with van der Waals surface area (Å²) >= 11 is 3.54. The summed E-state index contributed by atoms with van der Waals surface area (Å²) in [4.78, 5) is 20.3. The molecule has 0 bridgehead atoms. The molecule has 1 amide bonds. The molecule has 1 saturated heterocycles. The molecule has 144 valence electrons. The topological polar surface area (TPSA) is 33.2 Å². The first kappa shape index (κ1) is 18.2. The van der Waals surface area contributed by atoms with Crippen LogP contribution in [0, 0.1) is 6.92 Å². The fourth-order valence-electron chi connectivity index (χ4n) is 5.04. The van der Waals surface area contributed by atoms with Crippen LogP contribution in [0.25, 0.3) is 10.2 Å². The number of fused-ring (bicyclic) bond motifs is 4. The highest BCUT2D eigenvalue weighted by Gasteiger charge is 2.46. The molecule has 2 atom stereocenters. The standard InChI is InChI=1S/C23H24N2OS2/c1-14-5-4-6-18-21(14)24-22(28-18)27-16-8-9-17-15(13-16)7-10-19-23(17,2)12-11-20(26)25(19)3/h4-6,8-9,13,19H,7,10-12H2,1-3H3/t19-,23-/m1/s1. The number of aromatic nitrogens is 1. The van der Waals surface area contributed by atoms with Gasteiger partial charge >= 0.3 is 0 Å². The molecule has 3 aromatic rings. The zero-order valence-corrected chi connectivity index (χ0v) is 18.1. The van der Waals surface area contributed by atoms with Crippen molar-refractivity contribution in [2.45, 2.75) is 60.2 Å². The van der Waals surface area contributed by atoms with Gasteiger partial charge < -0.3 is 4.90 Å². The van der Waals surface area contributed by atoms with Gasteiger partial charge in [-0.05, 0) is 61.1 Å². The molecule has 5 rings (SSSR count). The van der Waals surface area contributed by atoms with Crippen LogP contribution in [0.1, 0.15) is 42.9 Å². The monoisotopic (exact) mass is 408 g/mol. The summed E-state index contributed by atoms with van der Waals surface area (Å²) in [6.07, 6.45) is 3.71. The van der Waals surface area contributed by atoms with Crippen LogP contribution in [-0.4, -0.2) is 28.9 Å². The molecule has 0 N–H and O–H groups in total. The lowest BCUT2D eigenvalue weighted by Crippen LogP contribution is -2.56. The fraction of sp³-hybridized carbons (Fsp3) is 0.391. The van der Waals surface area contributed by atoms with Crippen LogP contribution in [0.4, 0.5) is 0 Å². The molecular formula is C23H24N2OS2. The molecule has 2 aromatic carbocycles. The Morgan fingerprint density at radius 1 is 1.25 bits per heavy atom. The molecule has 0 radical (unpaired) electrons. The molecule has 1 aliphatic heterocycles. The number of likely N-dealkylation sites (tertiary alicyclic amines) is 1. The van der Waals surface area contributed by atoms with Gasteiger partial charge in [0.1, 0.15) is 0 Å². The molecule has 0 saturated carbocycles. The van der Waals surface area contributed by atoms with Crippen LogP contribution in [0.3, 0.4) is 0 Å². The Labute approximate surface area is 174 Å². The average Bonchev–Trinajstić information content (AvgIpc) is 3.09. The number of aryl methyl sites for hydroxylation is 2. The molecule has 3 nitrogen and oxygen atoms in total. The van der Waals surface area contributed by atoms with E-state index in [1.165, 1.54) is 26.3 Å². The summed E-state index contributed by atoms with van der Waals surface area (Å²) in [5.41, 5.74) is 5.32. The number of carbonyl (C=O) groups excluding carboxylic acids is 1. The lowest BCUT2D eigenvalue weighted by atomic mass is 9.63. The van der Waals surface area contributed by atoms with Crippen molar-refractivity contribution in [3.63, 3.8) is 0 Å². The summed E-state index contributed by atoms with van der Waals surface area (Å²) in [5, 5.41) is 0. The van der Waals surface area contributed by atoms with Crippen molar-refractivity contribution in [2.24, 2.45) is 0 Å². The molecular weight excluding hydrogens is 384 g/mol. The Kier molecular flexibility index (Phi) is 4.29. The quantitative estimate of drug-likeness (QED) is 0.555. The zero-order chi connectivity index (χ0) is 19.5. The van der Waals surface area contributed by atoms with Gasteiger partial charge in [0.05, 0.1) is 10.2 Å². The maximum absolute atomic E-state index is 12.2. The zero-order valence-electron chi connectivity index (χ0n) is 16.5. The molecule has 0 unspecified atom stereocenters. The first-order valence-corrected chi connectivity index (χ1v) is 11.5. The van der Waals surface area contributed by atoms with Gasteiger partial charge in [0.15, 0.2) is 4.34 Å². The van der Waals surface area contributed by atoms with E-state index in [1.807, 2.05) is 11.9 Å². The highest BCUT2D eigenvalue weighted by atomic mass is 32.2. The number of carbonyl (C=O) groups is 1. The second-order valence-corrected chi connectivity index (χ2v) is 10.7. The number of benzene rings is 2. The number of para-hydroxylation sites is 1. The van der Waals surface area contributed by atoms with E-state index in [-0.39, 0.29) is 5.41 Å². The maximum atomic E-state index is 12.2. The van der Waals surface area contributed by atoms with Crippen molar-refractivity contribution in [2.75, 3.05) is 7.05 Å². The summed E-state index contributed by atoms with van der Waals surface area (Å²) < 4.78 is 2.36. The largest absolute Gasteiger partial charge is 0.342 e. The van der Waals surface area contributed by atoms with E-state index >= 15 is 0 Å². The van der Waals surface area contributed by atoms with Crippen LogP contribution in [0.5, 0.6) is 0 Å². The van der Waals surface area contributed by atoms with E-state index < -0.39 is 0 Å². The van der Waals surface area contributed by atoms with Gasteiger partial charge in [-0.1, -0.05) is 36.9 Å². The summed E-state index contributed by atoms with van der Waals surface area (Å²) in [7, 11) is 1.98. The predicted octanol–water partition coefficient (Wildman–Crippen LogP) is 5.58. The first-order valence-electron chi connectivity index (χ1n) is 9.89. The van der Waals surface area contributed by atoms with Crippen LogP contribution in [0.15, 0.2) is 45.6 Å².